The largest absolute Gasteiger partial charge is 0.497 e. The van der Waals surface area contributed by atoms with Crippen molar-refractivity contribution >= 4 is 15.7 Å². The van der Waals surface area contributed by atoms with Crippen molar-refractivity contribution in [3.8, 4) is 17.1 Å². The molecule has 29 heavy (non-hydrogen) atoms. The Morgan fingerprint density at radius 3 is 2.17 bits per heavy atom. The van der Waals surface area contributed by atoms with E-state index in [1.807, 2.05) is 24.3 Å². The third kappa shape index (κ3) is 3.96. The van der Waals surface area contributed by atoms with Gasteiger partial charge in [0.2, 0.25) is 21.7 Å². The predicted octanol–water partition coefficient (Wildman–Crippen LogP) is 2.56. The number of aryl methyl sites for hydroxylation is 1. The van der Waals surface area contributed by atoms with E-state index in [1.165, 1.54) is 4.31 Å². The van der Waals surface area contributed by atoms with Crippen LogP contribution in [-0.4, -0.2) is 56.2 Å². The number of methoxy groups -OCH3 is 1. The molecule has 0 bridgehead atoms. The maximum atomic E-state index is 12.9. The normalized spacial score (nSPS) is 15.4. The van der Waals surface area contributed by atoms with E-state index in [0.717, 1.165) is 11.3 Å². The molecule has 0 aliphatic carbocycles. The summed E-state index contributed by atoms with van der Waals surface area (Å²) >= 11 is 0. The number of sulfonamides is 1. The van der Waals surface area contributed by atoms with Crippen LogP contribution in [0.3, 0.4) is 0 Å². The lowest BCUT2D eigenvalue weighted by Crippen LogP contribution is -2.48. The van der Waals surface area contributed by atoms with Crippen LogP contribution in [-0.2, 0) is 10.0 Å². The number of benzene rings is 2. The number of hydrogen-bond acceptors (Lipinski definition) is 7. The van der Waals surface area contributed by atoms with E-state index in [9.17, 15) is 8.42 Å². The minimum absolute atomic E-state index is 0.284. The summed E-state index contributed by atoms with van der Waals surface area (Å²) in [5.41, 5.74) is 1.92. The molecule has 1 aromatic heterocycles. The number of aromatic nitrogens is 2. The molecule has 152 valence electrons. The molecule has 0 amide bonds. The molecule has 0 N–H and O–H groups in total. The predicted molar refractivity (Wildman–Crippen MR) is 108 cm³/mol. The fraction of sp³-hybridized carbons (Fsp3) is 0.300. The smallest absolute Gasteiger partial charge is 0.243 e. The second-order valence-corrected chi connectivity index (χ2v) is 8.69. The zero-order valence-corrected chi connectivity index (χ0v) is 17.1. The second-order valence-electron chi connectivity index (χ2n) is 6.75. The summed E-state index contributed by atoms with van der Waals surface area (Å²) in [7, 11) is -1.95. The summed E-state index contributed by atoms with van der Waals surface area (Å²) in [6.45, 7) is 3.86. The molecule has 1 saturated heterocycles. The molecule has 4 rings (SSSR count). The Hall–Kier alpha value is -2.91. The lowest BCUT2D eigenvalue weighted by atomic mass is 10.1. The molecule has 0 spiro atoms. The summed E-state index contributed by atoms with van der Waals surface area (Å²) in [5.74, 6) is 1.72. The lowest BCUT2D eigenvalue weighted by Gasteiger charge is -2.35. The van der Waals surface area contributed by atoms with Gasteiger partial charge in [0.25, 0.3) is 0 Å². The van der Waals surface area contributed by atoms with E-state index in [2.05, 4.69) is 15.0 Å². The van der Waals surface area contributed by atoms with Gasteiger partial charge in [0.1, 0.15) is 5.75 Å². The van der Waals surface area contributed by atoms with Gasteiger partial charge < -0.3 is 14.2 Å². The molecule has 3 aromatic rings. The Morgan fingerprint density at radius 1 is 0.966 bits per heavy atom. The maximum Gasteiger partial charge on any atom is 0.243 e. The zero-order chi connectivity index (χ0) is 20.4. The van der Waals surface area contributed by atoms with Crippen molar-refractivity contribution in [2.75, 3.05) is 38.2 Å². The van der Waals surface area contributed by atoms with Gasteiger partial charge in [-0.15, -0.1) is 0 Å². The van der Waals surface area contributed by atoms with Gasteiger partial charge in [-0.25, -0.2) is 8.42 Å². The molecule has 8 nitrogen and oxygen atoms in total. The Bertz CT molecular complexity index is 1070. The zero-order valence-electron chi connectivity index (χ0n) is 16.3. The van der Waals surface area contributed by atoms with Crippen molar-refractivity contribution in [2.24, 2.45) is 0 Å². The number of hydrogen-bond donors (Lipinski definition) is 0. The molecular formula is C20H22N4O4S. The first kappa shape index (κ1) is 19.4. The van der Waals surface area contributed by atoms with Crippen molar-refractivity contribution in [3.63, 3.8) is 0 Å². The molecule has 0 unspecified atom stereocenters. The quantitative estimate of drug-likeness (QED) is 0.634. The summed E-state index contributed by atoms with van der Waals surface area (Å²) in [6, 6.07) is 14.4. The van der Waals surface area contributed by atoms with Gasteiger partial charge in [0, 0.05) is 44.4 Å². The number of rotatable bonds is 5. The SMILES string of the molecule is COc1ccc(S(=O)(=O)N2CCN(c3ccc(-c4noc(C)n4)cc3)CC2)cc1. The summed E-state index contributed by atoms with van der Waals surface area (Å²) in [5, 5.41) is 3.92. The van der Waals surface area contributed by atoms with Crippen LogP contribution in [0.2, 0.25) is 0 Å². The van der Waals surface area contributed by atoms with E-state index in [1.54, 1.807) is 38.3 Å². The molecule has 1 aliphatic heterocycles. The van der Waals surface area contributed by atoms with E-state index < -0.39 is 10.0 Å². The summed E-state index contributed by atoms with van der Waals surface area (Å²) in [4.78, 5) is 6.68. The highest BCUT2D eigenvalue weighted by Gasteiger charge is 2.28. The Balaban J connectivity index is 1.42. The first-order chi connectivity index (χ1) is 14.0. The van der Waals surface area contributed by atoms with Gasteiger partial charge in [0.05, 0.1) is 12.0 Å². The summed E-state index contributed by atoms with van der Waals surface area (Å²) < 4.78 is 37.4. The molecule has 1 fully saturated rings. The van der Waals surface area contributed by atoms with Crippen LogP contribution in [0.15, 0.2) is 57.9 Å². The first-order valence-corrected chi connectivity index (χ1v) is 10.7. The summed E-state index contributed by atoms with van der Waals surface area (Å²) in [6.07, 6.45) is 0. The molecular weight excluding hydrogens is 392 g/mol. The van der Waals surface area contributed by atoms with Crippen LogP contribution in [0.1, 0.15) is 5.89 Å². The minimum atomic E-state index is -3.51. The van der Waals surface area contributed by atoms with Crippen molar-refractivity contribution in [3.05, 3.63) is 54.4 Å². The first-order valence-electron chi connectivity index (χ1n) is 9.27. The van der Waals surface area contributed by atoms with Gasteiger partial charge in [-0.1, -0.05) is 5.16 Å². The fourth-order valence-corrected chi connectivity index (χ4v) is 4.74. The number of piperazine rings is 1. The molecule has 2 heterocycles. The number of nitrogens with zero attached hydrogens (tertiary/aromatic N) is 4. The molecule has 9 heteroatoms. The topological polar surface area (TPSA) is 88.8 Å². The van der Waals surface area contributed by atoms with Crippen molar-refractivity contribution in [1.29, 1.82) is 0 Å². The van der Waals surface area contributed by atoms with Gasteiger partial charge >= 0.3 is 0 Å². The number of ether oxygens (including phenoxy) is 1. The average molecular weight is 414 g/mol. The lowest BCUT2D eigenvalue weighted by molar-refractivity contribution is 0.384. The average Bonchev–Trinajstić information content (AvgIpc) is 3.20. The number of anilines is 1. The molecule has 0 saturated carbocycles. The highest BCUT2D eigenvalue weighted by molar-refractivity contribution is 7.89. The third-order valence-corrected chi connectivity index (χ3v) is 6.87. The highest BCUT2D eigenvalue weighted by Crippen LogP contribution is 2.25. The van der Waals surface area contributed by atoms with E-state index >= 15 is 0 Å². The Morgan fingerprint density at radius 2 is 1.62 bits per heavy atom. The van der Waals surface area contributed by atoms with E-state index in [0.29, 0.717) is 43.6 Å². The maximum absolute atomic E-state index is 12.9. The van der Waals surface area contributed by atoms with Gasteiger partial charge in [-0.2, -0.15) is 9.29 Å². The Labute approximate surface area is 169 Å². The van der Waals surface area contributed by atoms with Crippen LogP contribution < -0.4 is 9.64 Å². The van der Waals surface area contributed by atoms with Gasteiger partial charge in [-0.05, 0) is 48.5 Å². The van der Waals surface area contributed by atoms with Crippen molar-refractivity contribution < 1.29 is 17.7 Å². The molecule has 0 atom stereocenters. The molecule has 1 aliphatic rings. The van der Waals surface area contributed by atoms with Crippen molar-refractivity contribution in [2.45, 2.75) is 11.8 Å². The van der Waals surface area contributed by atoms with Gasteiger partial charge in [0.15, 0.2) is 0 Å². The van der Waals surface area contributed by atoms with Crippen LogP contribution in [0, 0.1) is 6.92 Å². The standard InChI is InChI=1S/C20H22N4O4S/c1-15-21-20(22-28-15)16-3-5-17(6-4-16)23-11-13-24(14-12-23)29(25,26)19-9-7-18(27-2)8-10-19/h3-10H,11-14H2,1-2H3. The van der Waals surface area contributed by atoms with Crippen LogP contribution >= 0.6 is 0 Å². The van der Waals surface area contributed by atoms with Gasteiger partial charge in [-0.3, -0.25) is 0 Å². The van der Waals surface area contributed by atoms with Crippen LogP contribution in [0.25, 0.3) is 11.4 Å². The monoisotopic (exact) mass is 414 g/mol. The fourth-order valence-electron chi connectivity index (χ4n) is 3.32. The minimum Gasteiger partial charge on any atom is -0.497 e. The Kier molecular flexibility index (Phi) is 5.25. The van der Waals surface area contributed by atoms with E-state index in [4.69, 9.17) is 9.26 Å². The molecule has 2 aromatic carbocycles. The van der Waals surface area contributed by atoms with Crippen molar-refractivity contribution in [1.82, 2.24) is 14.4 Å². The molecule has 0 radical (unpaired) electrons. The highest BCUT2D eigenvalue weighted by atomic mass is 32.2. The van der Waals surface area contributed by atoms with E-state index in [-0.39, 0.29) is 4.90 Å². The van der Waals surface area contributed by atoms with Crippen LogP contribution in [0.4, 0.5) is 5.69 Å². The van der Waals surface area contributed by atoms with Crippen LogP contribution in [0.5, 0.6) is 5.75 Å². The second kappa shape index (κ2) is 7.84. The third-order valence-electron chi connectivity index (χ3n) is 4.95.